The van der Waals surface area contributed by atoms with E-state index in [-0.39, 0.29) is 12.1 Å². The van der Waals surface area contributed by atoms with Crippen molar-refractivity contribution in [1.82, 2.24) is 4.90 Å². The molecule has 3 heteroatoms. The molecule has 0 amide bonds. The summed E-state index contributed by atoms with van der Waals surface area (Å²) < 4.78 is 0. The van der Waals surface area contributed by atoms with Crippen molar-refractivity contribution >= 4 is 0 Å². The summed E-state index contributed by atoms with van der Waals surface area (Å²) in [5.74, 6) is 1.40. The summed E-state index contributed by atoms with van der Waals surface area (Å²) in [6.45, 7) is 3.33. The van der Waals surface area contributed by atoms with Crippen molar-refractivity contribution < 1.29 is 5.11 Å². The molecule has 3 atom stereocenters. The number of hydrogen-bond acceptors (Lipinski definition) is 3. The van der Waals surface area contributed by atoms with Gasteiger partial charge in [0, 0.05) is 12.6 Å². The molecule has 17 heavy (non-hydrogen) atoms. The van der Waals surface area contributed by atoms with E-state index in [1.807, 2.05) is 0 Å². The van der Waals surface area contributed by atoms with Gasteiger partial charge in [0.05, 0.1) is 12.1 Å². The highest BCUT2D eigenvalue weighted by atomic mass is 16.3. The number of nitrogens with two attached hydrogens (primary N) is 1. The number of nitrogens with zero attached hydrogens (tertiary/aromatic N) is 1. The number of hydrogen-bond donors (Lipinski definition) is 2. The van der Waals surface area contributed by atoms with Crippen LogP contribution in [0.15, 0.2) is 0 Å². The SMILES string of the molecule is CC1CCCC(N(C)CC(N)(CO)C2CC2)C1. The van der Waals surface area contributed by atoms with Gasteiger partial charge in [-0.1, -0.05) is 19.8 Å². The molecule has 0 aromatic carbocycles. The number of rotatable bonds is 5. The van der Waals surface area contributed by atoms with E-state index in [2.05, 4.69) is 18.9 Å². The molecular weight excluding hydrogens is 212 g/mol. The van der Waals surface area contributed by atoms with E-state index in [9.17, 15) is 5.11 Å². The highest BCUT2D eigenvalue weighted by molar-refractivity contribution is 5.00. The molecule has 2 aliphatic rings. The van der Waals surface area contributed by atoms with Gasteiger partial charge in [-0.3, -0.25) is 0 Å². The maximum atomic E-state index is 9.54. The molecule has 0 aliphatic heterocycles. The van der Waals surface area contributed by atoms with Crippen LogP contribution in [0, 0.1) is 11.8 Å². The van der Waals surface area contributed by atoms with Gasteiger partial charge in [0.1, 0.15) is 0 Å². The summed E-state index contributed by atoms with van der Waals surface area (Å²) in [4.78, 5) is 2.41. The van der Waals surface area contributed by atoms with Crippen molar-refractivity contribution in [3.05, 3.63) is 0 Å². The van der Waals surface area contributed by atoms with Crippen LogP contribution in [0.4, 0.5) is 0 Å². The Bertz CT molecular complexity index is 255. The lowest BCUT2D eigenvalue weighted by Gasteiger charge is -2.39. The molecule has 0 spiro atoms. The third-order valence-corrected chi connectivity index (χ3v) is 4.76. The molecule has 0 heterocycles. The predicted molar refractivity (Wildman–Crippen MR) is 70.8 cm³/mol. The predicted octanol–water partition coefficient (Wildman–Crippen LogP) is 1.60. The van der Waals surface area contributed by atoms with Crippen LogP contribution in [-0.2, 0) is 0 Å². The van der Waals surface area contributed by atoms with Crippen LogP contribution < -0.4 is 5.73 Å². The molecule has 3 unspecified atom stereocenters. The zero-order valence-electron chi connectivity index (χ0n) is 11.4. The zero-order valence-corrected chi connectivity index (χ0v) is 11.4. The van der Waals surface area contributed by atoms with E-state index >= 15 is 0 Å². The summed E-state index contributed by atoms with van der Waals surface area (Å²) in [5.41, 5.74) is 6.00. The number of aliphatic hydroxyl groups excluding tert-OH is 1. The molecule has 100 valence electrons. The summed E-state index contributed by atoms with van der Waals surface area (Å²) in [7, 11) is 2.18. The van der Waals surface area contributed by atoms with Crippen LogP contribution in [-0.4, -0.2) is 41.8 Å². The largest absolute Gasteiger partial charge is 0.394 e. The maximum absolute atomic E-state index is 9.54. The summed E-state index contributed by atoms with van der Waals surface area (Å²) in [6.07, 6.45) is 7.71. The summed E-state index contributed by atoms with van der Waals surface area (Å²) in [5, 5.41) is 9.54. The first kappa shape index (κ1) is 13.3. The molecule has 0 aromatic heterocycles. The third kappa shape index (κ3) is 3.21. The molecule has 0 saturated heterocycles. The van der Waals surface area contributed by atoms with Crippen molar-refractivity contribution in [3.8, 4) is 0 Å². The smallest absolute Gasteiger partial charge is 0.0626 e. The number of likely N-dealkylation sites (N-methyl/N-ethyl adjacent to an activating group) is 1. The minimum Gasteiger partial charge on any atom is -0.394 e. The molecule has 2 rings (SSSR count). The monoisotopic (exact) mass is 240 g/mol. The first-order valence-corrected chi connectivity index (χ1v) is 7.15. The molecule has 2 saturated carbocycles. The fourth-order valence-electron chi connectivity index (χ4n) is 3.36. The molecule has 0 radical (unpaired) electrons. The van der Waals surface area contributed by atoms with Crippen LogP contribution in [0.1, 0.15) is 45.4 Å². The van der Waals surface area contributed by atoms with Crippen molar-refractivity contribution in [2.75, 3.05) is 20.2 Å². The Kier molecular flexibility index (Phi) is 4.11. The lowest BCUT2D eigenvalue weighted by molar-refractivity contribution is 0.0902. The van der Waals surface area contributed by atoms with Gasteiger partial charge in [-0.25, -0.2) is 0 Å². The first-order valence-electron chi connectivity index (χ1n) is 7.15. The number of aliphatic hydroxyl groups is 1. The van der Waals surface area contributed by atoms with E-state index in [1.54, 1.807) is 0 Å². The molecule has 0 aromatic rings. The van der Waals surface area contributed by atoms with Crippen LogP contribution >= 0.6 is 0 Å². The standard InChI is InChI=1S/C14H28N2O/c1-11-4-3-5-13(8-11)16(2)9-14(15,10-17)12-6-7-12/h11-13,17H,3-10,15H2,1-2H3. The zero-order chi connectivity index (χ0) is 12.5. The minimum atomic E-state index is -0.352. The molecule has 3 N–H and O–H groups in total. The van der Waals surface area contributed by atoms with E-state index in [0.29, 0.717) is 12.0 Å². The van der Waals surface area contributed by atoms with Gasteiger partial charge in [-0.15, -0.1) is 0 Å². The van der Waals surface area contributed by atoms with Crippen LogP contribution in [0.25, 0.3) is 0 Å². The van der Waals surface area contributed by atoms with Crippen molar-refractivity contribution in [1.29, 1.82) is 0 Å². The van der Waals surface area contributed by atoms with Crippen LogP contribution in [0.5, 0.6) is 0 Å². The Hall–Kier alpha value is -0.120. The van der Waals surface area contributed by atoms with Gasteiger partial charge in [0.2, 0.25) is 0 Å². The normalized spacial score (nSPS) is 33.7. The van der Waals surface area contributed by atoms with Gasteiger partial charge in [-0.2, -0.15) is 0 Å². The lowest BCUT2D eigenvalue weighted by atomic mass is 9.85. The van der Waals surface area contributed by atoms with Gasteiger partial charge in [0.15, 0.2) is 0 Å². The molecule has 3 nitrogen and oxygen atoms in total. The van der Waals surface area contributed by atoms with E-state index in [4.69, 9.17) is 5.73 Å². The maximum Gasteiger partial charge on any atom is 0.0626 e. The Morgan fingerprint density at radius 1 is 1.29 bits per heavy atom. The lowest BCUT2D eigenvalue weighted by Crippen LogP contribution is -2.56. The molecule has 2 fully saturated rings. The van der Waals surface area contributed by atoms with Gasteiger partial charge in [-0.05, 0) is 44.6 Å². The average molecular weight is 240 g/mol. The van der Waals surface area contributed by atoms with Gasteiger partial charge < -0.3 is 15.7 Å². The Morgan fingerprint density at radius 2 is 2.00 bits per heavy atom. The van der Waals surface area contributed by atoms with E-state index < -0.39 is 0 Å². The third-order valence-electron chi connectivity index (χ3n) is 4.76. The second kappa shape index (κ2) is 5.25. The topological polar surface area (TPSA) is 49.5 Å². The highest BCUT2D eigenvalue weighted by Gasteiger charge is 2.43. The minimum absolute atomic E-state index is 0.129. The average Bonchev–Trinajstić information content (AvgIpc) is 3.13. The van der Waals surface area contributed by atoms with Crippen LogP contribution in [0.3, 0.4) is 0 Å². The quantitative estimate of drug-likeness (QED) is 0.767. The van der Waals surface area contributed by atoms with E-state index in [1.165, 1.54) is 38.5 Å². The summed E-state index contributed by atoms with van der Waals surface area (Å²) in [6, 6.07) is 0.673. The van der Waals surface area contributed by atoms with Gasteiger partial charge >= 0.3 is 0 Å². The fraction of sp³-hybridized carbons (Fsp3) is 1.00. The second-order valence-corrected chi connectivity index (χ2v) is 6.51. The fourth-order valence-corrected chi connectivity index (χ4v) is 3.36. The van der Waals surface area contributed by atoms with Crippen LogP contribution in [0.2, 0.25) is 0 Å². The molecule has 0 bridgehead atoms. The highest BCUT2D eigenvalue weighted by Crippen LogP contribution is 2.39. The molecule has 2 aliphatic carbocycles. The molecular formula is C14H28N2O. The second-order valence-electron chi connectivity index (χ2n) is 6.51. The van der Waals surface area contributed by atoms with Gasteiger partial charge in [0.25, 0.3) is 0 Å². The van der Waals surface area contributed by atoms with Crippen molar-refractivity contribution in [2.24, 2.45) is 17.6 Å². The Balaban J connectivity index is 1.88. The van der Waals surface area contributed by atoms with Crippen molar-refractivity contribution in [2.45, 2.75) is 57.0 Å². The van der Waals surface area contributed by atoms with Crippen molar-refractivity contribution in [3.63, 3.8) is 0 Å². The first-order chi connectivity index (χ1) is 8.05. The summed E-state index contributed by atoms with van der Waals surface area (Å²) >= 11 is 0. The Labute approximate surface area is 105 Å². The van der Waals surface area contributed by atoms with E-state index in [0.717, 1.165) is 12.5 Å². The Morgan fingerprint density at radius 3 is 2.53 bits per heavy atom.